The van der Waals surface area contributed by atoms with E-state index in [4.69, 9.17) is 19.3 Å². The Morgan fingerprint density at radius 3 is 2.39 bits per heavy atom. The number of hydrogen-bond acceptors (Lipinski definition) is 5. The molecule has 0 aromatic heterocycles. The van der Waals surface area contributed by atoms with Gasteiger partial charge in [-0.1, -0.05) is 44.0 Å². The predicted molar refractivity (Wildman–Crippen MR) is 127 cm³/mol. The van der Waals surface area contributed by atoms with E-state index in [2.05, 4.69) is 55.1 Å². The van der Waals surface area contributed by atoms with Crippen molar-refractivity contribution in [3.8, 4) is 17.2 Å². The number of hydrogen-bond donors (Lipinski definition) is 0. The van der Waals surface area contributed by atoms with Crippen molar-refractivity contribution < 1.29 is 14.2 Å². The Labute approximate surface area is 197 Å². The Hall–Kier alpha value is -2.51. The van der Waals surface area contributed by atoms with Crippen LogP contribution < -0.4 is 14.2 Å². The van der Waals surface area contributed by atoms with Gasteiger partial charge in [0.1, 0.15) is 5.75 Å². The second kappa shape index (κ2) is 8.20. The van der Waals surface area contributed by atoms with E-state index in [1.54, 1.807) is 14.2 Å². The summed E-state index contributed by atoms with van der Waals surface area (Å²) < 4.78 is 19.4. The summed E-state index contributed by atoms with van der Waals surface area (Å²) in [4.78, 5) is 0. The summed E-state index contributed by atoms with van der Waals surface area (Å²) >= 11 is 7.12. The van der Waals surface area contributed by atoms with Crippen LogP contribution in [0.1, 0.15) is 35.4 Å². The van der Waals surface area contributed by atoms with E-state index in [9.17, 15) is 0 Å². The van der Waals surface area contributed by atoms with E-state index in [0.29, 0.717) is 11.5 Å². The van der Waals surface area contributed by atoms with E-state index in [-0.39, 0.29) is 12.3 Å². The van der Waals surface area contributed by atoms with Gasteiger partial charge in [-0.3, -0.25) is 0 Å². The van der Waals surface area contributed by atoms with Gasteiger partial charge in [-0.05, 0) is 48.5 Å². The van der Waals surface area contributed by atoms with Crippen molar-refractivity contribution >= 4 is 37.6 Å². The second-order valence-corrected chi connectivity index (χ2v) is 9.25. The summed E-state index contributed by atoms with van der Waals surface area (Å²) in [6.07, 6.45) is 0.472. The smallest absolute Gasteiger partial charge is 0.213 e. The second-order valence-electron chi connectivity index (χ2n) is 7.42. The average Bonchev–Trinajstić information content (AvgIpc) is 3.24. The van der Waals surface area contributed by atoms with Crippen molar-refractivity contribution in [1.82, 2.24) is 5.01 Å². The molecule has 0 saturated heterocycles. The van der Waals surface area contributed by atoms with Gasteiger partial charge in [0, 0.05) is 32.1 Å². The van der Waals surface area contributed by atoms with Crippen molar-refractivity contribution in [3.05, 3.63) is 86.3 Å². The monoisotopic (exact) mass is 542 g/mol. The molecule has 0 fully saturated rings. The molecule has 0 radical (unpaired) electrons. The van der Waals surface area contributed by atoms with Crippen molar-refractivity contribution in [2.24, 2.45) is 5.10 Å². The van der Waals surface area contributed by atoms with Gasteiger partial charge < -0.3 is 14.2 Å². The predicted octanol–water partition coefficient (Wildman–Crippen LogP) is 6.47. The Kier molecular flexibility index (Phi) is 5.40. The summed E-state index contributed by atoms with van der Waals surface area (Å²) in [5, 5.41) is 7.10. The molecular weight excluding hydrogens is 524 g/mol. The Morgan fingerprint density at radius 1 is 0.903 bits per heavy atom. The summed E-state index contributed by atoms with van der Waals surface area (Å²) in [5.74, 6) is 2.28. The number of hydrazone groups is 1. The quantitative estimate of drug-likeness (QED) is 0.378. The van der Waals surface area contributed by atoms with Crippen LogP contribution in [0.2, 0.25) is 0 Å². The van der Waals surface area contributed by atoms with Gasteiger partial charge in [-0.15, -0.1) is 0 Å². The molecule has 5 rings (SSSR count). The van der Waals surface area contributed by atoms with Gasteiger partial charge in [-0.25, -0.2) is 5.01 Å². The zero-order chi connectivity index (χ0) is 21.5. The molecule has 2 aliphatic heterocycles. The van der Waals surface area contributed by atoms with Crippen LogP contribution in [-0.4, -0.2) is 24.9 Å². The van der Waals surface area contributed by atoms with Gasteiger partial charge in [0.15, 0.2) is 11.5 Å². The van der Waals surface area contributed by atoms with Crippen LogP contribution in [0.15, 0.2) is 74.7 Å². The third-order valence-electron chi connectivity index (χ3n) is 5.62. The molecule has 0 spiro atoms. The molecule has 158 valence electrons. The minimum Gasteiger partial charge on any atom is -0.493 e. The number of benzene rings is 3. The van der Waals surface area contributed by atoms with Gasteiger partial charge in [-0.2, -0.15) is 5.10 Å². The van der Waals surface area contributed by atoms with Crippen LogP contribution in [0.3, 0.4) is 0 Å². The normalized spacial score (nSPS) is 19.2. The topological polar surface area (TPSA) is 43.3 Å². The van der Waals surface area contributed by atoms with E-state index >= 15 is 0 Å². The number of fused-ring (bicyclic) bond motifs is 3. The van der Waals surface area contributed by atoms with E-state index in [1.165, 1.54) is 0 Å². The zero-order valence-electron chi connectivity index (χ0n) is 17.0. The molecule has 7 heteroatoms. The van der Waals surface area contributed by atoms with Crippen LogP contribution in [-0.2, 0) is 0 Å². The molecule has 0 N–H and O–H groups in total. The van der Waals surface area contributed by atoms with Gasteiger partial charge in [0.05, 0.1) is 26.0 Å². The fourth-order valence-corrected chi connectivity index (χ4v) is 4.74. The zero-order valence-corrected chi connectivity index (χ0v) is 20.2. The first kappa shape index (κ1) is 20.4. The fraction of sp³-hybridized carbons (Fsp3) is 0.208. The molecule has 2 aliphatic rings. The number of nitrogens with zero attached hydrogens (tertiary/aromatic N) is 2. The summed E-state index contributed by atoms with van der Waals surface area (Å²) in [7, 11) is 3.28. The molecule has 0 amide bonds. The SMILES string of the molecule is COc1ccc(C2=NN3[C@@H](C2)c2cc(Br)ccc2O[C@H]3c2ccc(Br)cc2)cc1OC. The minimum atomic E-state index is -0.301. The standard InChI is InChI=1S/C24H20Br2N2O3/c1-29-22-9-5-15(11-23(22)30-2)19-13-20-18-12-17(26)8-10-21(18)31-24(28(20)27-19)14-3-6-16(25)7-4-14/h3-12,20,24H,13H2,1-2H3/t20-,24-/m0/s1. The highest BCUT2D eigenvalue weighted by Crippen LogP contribution is 2.48. The van der Waals surface area contributed by atoms with Crippen molar-refractivity contribution in [1.29, 1.82) is 0 Å². The maximum absolute atomic E-state index is 6.43. The molecule has 2 heterocycles. The van der Waals surface area contributed by atoms with E-state index < -0.39 is 0 Å². The molecule has 31 heavy (non-hydrogen) atoms. The molecule has 3 aromatic carbocycles. The van der Waals surface area contributed by atoms with E-state index in [0.717, 1.165) is 43.5 Å². The largest absolute Gasteiger partial charge is 0.493 e. The first-order chi connectivity index (χ1) is 15.1. The highest BCUT2D eigenvalue weighted by molar-refractivity contribution is 9.10. The van der Waals surface area contributed by atoms with Crippen LogP contribution in [0.25, 0.3) is 0 Å². The molecule has 3 aromatic rings. The number of methoxy groups -OCH3 is 2. The number of halogens is 2. The van der Waals surface area contributed by atoms with Gasteiger partial charge in [0.2, 0.25) is 6.23 Å². The Bertz CT molecular complexity index is 1160. The lowest BCUT2D eigenvalue weighted by molar-refractivity contribution is -0.0190. The van der Waals surface area contributed by atoms with Gasteiger partial charge in [0.25, 0.3) is 0 Å². The first-order valence-electron chi connectivity index (χ1n) is 9.87. The maximum Gasteiger partial charge on any atom is 0.213 e. The van der Waals surface area contributed by atoms with E-state index in [1.807, 2.05) is 42.5 Å². The van der Waals surface area contributed by atoms with Crippen LogP contribution in [0, 0.1) is 0 Å². The molecule has 0 bridgehead atoms. The lowest BCUT2D eigenvalue weighted by Crippen LogP contribution is -2.33. The minimum absolute atomic E-state index is 0.0815. The third-order valence-corrected chi connectivity index (χ3v) is 6.65. The summed E-state index contributed by atoms with van der Waals surface area (Å²) in [5.41, 5.74) is 4.18. The Balaban J connectivity index is 1.58. The van der Waals surface area contributed by atoms with Crippen molar-refractivity contribution in [3.63, 3.8) is 0 Å². The Morgan fingerprint density at radius 2 is 1.65 bits per heavy atom. The molecule has 5 nitrogen and oxygen atoms in total. The number of rotatable bonds is 4. The van der Waals surface area contributed by atoms with Crippen LogP contribution in [0.5, 0.6) is 17.2 Å². The summed E-state index contributed by atoms with van der Waals surface area (Å²) in [6.45, 7) is 0. The first-order valence-corrected chi connectivity index (χ1v) is 11.5. The molecule has 0 aliphatic carbocycles. The molecule has 0 saturated carbocycles. The summed E-state index contributed by atoms with van der Waals surface area (Å²) in [6, 6.07) is 20.4. The van der Waals surface area contributed by atoms with Crippen LogP contribution >= 0.6 is 31.9 Å². The molecule has 0 unspecified atom stereocenters. The van der Waals surface area contributed by atoms with Crippen molar-refractivity contribution in [2.45, 2.75) is 18.7 Å². The fourth-order valence-electron chi connectivity index (χ4n) is 4.10. The van der Waals surface area contributed by atoms with Gasteiger partial charge >= 0.3 is 0 Å². The number of ether oxygens (including phenoxy) is 3. The third kappa shape index (κ3) is 3.70. The van der Waals surface area contributed by atoms with Crippen molar-refractivity contribution in [2.75, 3.05) is 14.2 Å². The molecule has 2 atom stereocenters. The maximum atomic E-state index is 6.43. The molecular formula is C24H20Br2N2O3. The van der Waals surface area contributed by atoms with Crippen LogP contribution in [0.4, 0.5) is 0 Å². The lowest BCUT2D eigenvalue weighted by atomic mass is 9.96. The highest BCUT2D eigenvalue weighted by Gasteiger charge is 2.41. The highest BCUT2D eigenvalue weighted by atomic mass is 79.9. The lowest BCUT2D eigenvalue weighted by Gasteiger charge is -2.38. The average molecular weight is 544 g/mol.